The quantitative estimate of drug-likeness (QED) is 0.898. The molecule has 0 unspecified atom stereocenters. The van der Waals surface area contributed by atoms with Crippen LogP contribution in [-0.4, -0.2) is 32.6 Å². The lowest BCUT2D eigenvalue weighted by Crippen LogP contribution is -2.27. The van der Waals surface area contributed by atoms with Gasteiger partial charge in [0.2, 0.25) is 0 Å². The fourth-order valence-electron chi connectivity index (χ4n) is 2.30. The summed E-state index contributed by atoms with van der Waals surface area (Å²) < 4.78 is 6.74. The number of benzene rings is 1. The van der Waals surface area contributed by atoms with Crippen LogP contribution in [0.1, 0.15) is 36.7 Å². The van der Waals surface area contributed by atoms with Crippen molar-refractivity contribution in [3.8, 4) is 11.3 Å². The molecule has 1 heterocycles. The van der Waals surface area contributed by atoms with Crippen molar-refractivity contribution >= 4 is 17.7 Å². The molecule has 0 saturated carbocycles. The average molecular weight is 331 g/mol. The van der Waals surface area contributed by atoms with Crippen LogP contribution in [0.4, 0.5) is 10.5 Å². The van der Waals surface area contributed by atoms with Crippen LogP contribution in [0.5, 0.6) is 0 Å². The number of aromatic carboxylic acids is 1. The number of ether oxygens (including phenoxy) is 1. The van der Waals surface area contributed by atoms with Crippen molar-refractivity contribution in [1.29, 1.82) is 0 Å². The highest BCUT2D eigenvalue weighted by Crippen LogP contribution is 2.27. The number of aromatic nitrogens is 2. The van der Waals surface area contributed by atoms with Gasteiger partial charge in [-0.3, -0.25) is 10.00 Å². The third kappa shape index (κ3) is 3.92. The first-order valence-electron chi connectivity index (χ1n) is 7.45. The Morgan fingerprint density at radius 3 is 2.50 bits per heavy atom. The molecule has 0 aliphatic rings. The van der Waals surface area contributed by atoms with Crippen LogP contribution in [0.25, 0.3) is 11.3 Å². The lowest BCUT2D eigenvalue weighted by atomic mass is 10.0. The van der Waals surface area contributed by atoms with Crippen LogP contribution in [0, 0.1) is 6.92 Å². The third-order valence-corrected chi connectivity index (χ3v) is 3.30. The molecular formula is C17H21N3O4. The number of amides is 1. The topological polar surface area (TPSA) is 93.5 Å². The van der Waals surface area contributed by atoms with E-state index >= 15 is 0 Å². The molecule has 0 atom stereocenters. The maximum atomic E-state index is 11.9. The predicted octanol–water partition coefficient (Wildman–Crippen LogP) is 3.44. The van der Waals surface area contributed by atoms with Gasteiger partial charge in [0.05, 0.1) is 11.9 Å². The molecule has 0 saturated heterocycles. The van der Waals surface area contributed by atoms with Crippen molar-refractivity contribution in [1.82, 2.24) is 9.78 Å². The van der Waals surface area contributed by atoms with Gasteiger partial charge in [0.1, 0.15) is 11.2 Å². The van der Waals surface area contributed by atoms with E-state index in [0.717, 1.165) is 5.56 Å². The minimum Gasteiger partial charge on any atom is -0.478 e. The van der Waals surface area contributed by atoms with Crippen LogP contribution in [0.15, 0.2) is 24.4 Å². The summed E-state index contributed by atoms with van der Waals surface area (Å²) in [7, 11) is 1.68. The number of carbonyl (C=O) groups excluding carboxylic acids is 1. The smallest absolute Gasteiger partial charge is 0.412 e. The number of rotatable bonds is 3. The highest BCUT2D eigenvalue weighted by Gasteiger charge is 2.19. The van der Waals surface area contributed by atoms with E-state index in [1.54, 1.807) is 46.0 Å². The van der Waals surface area contributed by atoms with E-state index in [2.05, 4.69) is 10.4 Å². The lowest BCUT2D eigenvalue weighted by molar-refractivity contribution is 0.0634. The Kier molecular flexibility index (Phi) is 4.64. The summed E-state index contributed by atoms with van der Waals surface area (Å²) in [5.41, 5.74) is 2.16. The van der Waals surface area contributed by atoms with Crippen LogP contribution in [0.3, 0.4) is 0 Å². The molecule has 0 fully saturated rings. The van der Waals surface area contributed by atoms with Gasteiger partial charge in [-0.05, 0) is 45.4 Å². The molecule has 0 aliphatic heterocycles. The summed E-state index contributed by atoms with van der Waals surface area (Å²) in [6, 6.07) is 5.26. The summed E-state index contributed by atoms with van der Waals surface area (Å²) in [4.78, 5) is 23.2. The van der Waals surface area contributed by atoms with E-state index in [1.807, 2.05) is 6.92 Å². The van der Waals surface area contributed by atoms with Gasteiger partial charge in [-0.1, -0.05) is 6.07 Å². The Hall–Kier alpha value is -2.83. The number of nitrogens with zero attached hydrogens (tertiary/aromatic N) is 2. The van der Waals surface area contributed by atoms with E-state index in [9.17, 15) is 14.7 Å². The molecule has 128 valence electrons. The predicted molar refractivity (Wildman–Crippen MR) is 90.2 cm³/mol. The van der Waals surface area contributed by atoms with E-state index in [1.165, 1.54) is 10.9 Å². The average Bonchev–Trinajstić information content (AvgIpc) is 2.81. The number of carbonyl (C=O) groups is 2. The van der Waals surface area contributed by atoms with E-state index < -0.39 is 17.7 Å². The fraction of sp³-hybridized carbons (Fsp3) is 0.353. The second kappa shape index (κ2) is 6.35. The van der Waals surface area contributed by atoms with Crippen molar-refractivity contribution in [2.24, 2.45) is 7.05 Å². The molecule has 2 N–H and O–H groups in total. The standard InChI is InChI=1S/C17H21N3O4/c1-10-8-11(14-12(15(21)22)9-18-20(14)5)6-7-13(10)19-16(23)24-17(2,3)4/h6-9H,1-5H3,(H,19,23)(H,21,22). The van der Waals surface area contributed by atoms with Gasteiger partial charge in [0.15, 0.2) is 0 Å². The molecular weight excluding hydrogens is 310 g/mol. The number of aryl methyl sites for hydroxylation is 2. The minimum atomic E-state index is -1.04. The number of anilines is 1. The van der Waals surface area contributed by atoms with Gasteiger partial charge < -0.3 is 9.84 Å². The van der Waals surface area contributed by atoms with Crippen molar-refractivity contribution < 1.29 is 19.4 Å². The fourth-order valence-corrected chi connectivity index (χ4v) is 2.30. The Morgan fingerprint density at radius 2 is 1.96 bits per heavy atom. The summed E-state index contributed by atoms with van der Waals surface area (Å²) in [6.07, 6.45) is 0.782. The van der Waals surface area contributed by atoms with Crippen LogP contribution in [0.2, 0.25) is 0 Å². The number of hydrogen-bond donors (Lipinski definition) is 2. The molecule has 0 aliphatic carbocycles. The van der Waals surface area contributed by atoms with Gasteiger partial charge in [-0.25, -0.2) is 9.59 Å². The van der Waals surface area contributed by atoms with Crippen molar-refractivity contribution in [3.05, 3.63) is 35.5 Å². The second-order valence-electron chi connectivity index (χ2n) is 6.49. The first-order chi connectivity index (χ1) is 11.1. The molecule has 2 rings (SSSR count). The molecule has 7 heteroatoms. The largest absolute Gasteiger partial charge is 0.478 e. The monoisotopic (exact) mass is 331 g/mol. The zero-order valence-corrected chi connectivity index (χ0v) is 14.4. The van der Waals surface area contributed by atoms with Crippen molar-refractivity contribution in [2.75, 3.05) is 5.32 Å². The van der Waals surface area contributed by atoms with E-state index in [-0.39, 0.29) is 5.56 Å². The Labute approximate surface area is 140 Å². The Bertz CT molecular complexity index is 788. The SMILES string of the molecule is Cc1cc(-c2c(C(=O)O)cnn2C)ccc1NC(=O)OC(C)(C)C. The molecule has 1 amide bonds. The summed E-state index contributed by atoms with van der Waals surface area (Å²) >= 11 is 0. The molecule has 0 radical (unpaired) electrons. The third-order valence-electron chi connectivity index (χ3n) is 3.30. The summed E-state index contributed by atoms with van der Waals surface area (Å²) in [5, 5.41) is 16.0. The second-order valence-corrected chi connectivity index (χ2v) is 6.49. The highest BCUT2D eigenvalue weighted by atomic mass is 16.6. The first kappa shape index (κ1) is 17.5. The normalized spacial score (nSPS) is 11.2. The van der Waals surface area contributed by atoms with Crippen molar-refractivity contribution in [3.63, 3.8) is 0 Å². The zero-order chi connectivity index (χ0) is 18.1. The van der Waals surface area contributed by atoms with Gasteiger partial charge in [-0.2, -0.15) is 5.10 Å². The molecule has 24 heavy (non-hydrogen) atoms. The Balaban J connectivity index is 2.30. The molecule has 0 spiro atoms. The molecule has 0 bridgehead atoms. The first-order valence-corrected chi connectivity index (χ1v) is 7.45. The zero-order valence-electron chi connectivity index (χ0n) is 14.4. The maximum Gasteiger partial charge on any atom is 0.412 e. The van der Waals surface area contributed by atoms with E-state index in [4.69, 9.17) is 4.74 Å². The molecule has 1 aromatic heterocycles. The van der Waals surface area contributed by atoms with Crippen LogP contribution >= 0.6 is 0 Å². The summed E-state index contributed by atoms with van der Waals surface area (Å²) in [5.74, 6) is -1.04. The number of hydrogen-bond acceptors (Lipinski definition) is 4. The lowest BCUT2D eigenvalue weighted by Gasteiger charge is -2.20. The number of carboxylic acids is 1. The van der Waals surface area contributed by atoms with Crippen LogP contribution < -0.4 is 5.32 Å². The Morgan fingerprint density at radius 1 is 1.29 bits per heavy atom. The van der Waals surface area contributed by atoms with Crippen molar-refractivity contribution in [2.45, 2.75) is 33.3 Å². The highest BCUT2D eigenvalue weighted by molar-refractivity contribution is 5.95. The summed E-state index contributed by atoms with van der Waals surface area (Å²) in [6.45, 7) is 7.20. The van der Waals surface area contributed by atoms with E-state index in [0.29, 0.717) is 16.9 Å². The minimum absolute atomic E-state index is 0.129. The number of nitrogens with one attached hydrogen (secondary N) is 1. The molecule has 1 aromatic carbocycles. The van der Waals surface area contributed by atoms with Gasteiger partial charge >= 0.3 is 12.1 Å². The maximum absolute atomic E-state index is 11.9. The van der Waals surface area contributed by atoms with Gasteiger partial charge in [0.25, 0.3) is 0 Å². The van der Waals surface area contributed by atoms with Gasteiger partial charge in [-0.15, -0.1) is 0 Å². The number of carboxylic acid groups (broad SMARTS) is 1. The molecule has 7 nitrogen and oxygen atoms in total. The van der Waals surface area contributed by atoms with Crippen LogP contribution in [-0.2, 0) is 11.8 Å². The van der Waals surface area contributed by atoms with Gasteiger partial charge in [0, 0.05) is 18.3 Å². The molecule has 2 aromatic rings.